The Labute approximate surface area is 165 Å². The second-order valence-electron chi connectivity index (χ2n) is 7.09. The second-order valence-corrected chi connectivity index (χ2v) is 7.53. The van der Waals surface area contributed by atoms with Crippen molar-refractivity contribution in [3.05, 3.63) is 35.1 Å². The van der Waals surface area contributed by atoms with E-state index in [1.54, 1.807) is 23.1 Å². The molecule has 0 unspecified atom stereocenters. The summed E-state index contributed by atoms with van der Waals surface area (Å²) in [7, 11) is 0. The van der Waals surface area contributed by atoms with Crippen molar-refractivity contribution in [3.8, 4) is 5.69 Å². The van der Waals surface area contributed by atoms with Gasteiger partial charge in [0, 0.05) is 17.6 Å². The van der Waals surface area contributed by atoms with E-state index in [9.17, 15) is 14.7 Å². The number of piperidine rings is 1. The maximum Gasteiger partial charge on any atom is 0.243 e. The molecule has 148 valence electrons. The second kappa shape index (κ2) is 7.46. The Balaban J connectivity index is 1.48. The van der Waals surface area contributed by atoms with Crippen LogP contribution in [0, 0.1) is 5.92 Å². The zero-order valence-corrected chi connectivity index (χ0v) is 15.7. The number of carbonyl (C=O) groups excluding carboxylic acids is 2. The number of aliphatic hydroxyl groups excluding tert-OH is 1. The van der Waals surface area contributed by atoms with Crippen molar-refractivity contribution in [3.63, 3.8) is 0 Å². The Morgan fingerprint density at radius 1 is 1.39 bits per heavy atom. The van der Waals surface area contributed by atoms with E-state index in [0.29, 0.717) is 23.0 Å². The molecule has 0 bridgehead atoms. The monoisotopic (exact) mass is 405 g/mol. The van der Waals surface area contributed by atoms with Crippen molar-refractivity contribution >= 4 is 23.4 Å². The number of carbonyl (C=O) groups is 2. The molecule has 1 aromatic carbocycles. The van der Waals surface area contributed by atoms with E-state index in [4.69, 9.17) is 17.3 Å². The lowest BCUT2D eigenvalue weighted by atomic mass is 10.1. The molecule has 4 rings (SSSR count). The summed E-state index contributed by atoms with van der Waals surface area (Å²) in [5.74, 6) is -0.313. The molecule has 28 heavy (non-hydrogen) atoms. The van der Waals surface area contributed by atoms with Gasteiger partial charge in [0.25, 0.3) is 0 Å². The summed E-state index contributed by atoms with van der Waals surface area (Å²) in [4.78, 5) is 26.8. The number of halogens is 1. The van der Waals surface area contributed by atoms with Crippen LogP contribution in [0.1, 0.15) is 18.4 Å². The third-order valence-corrected chi connectivity index (χ3v) is 5.50. The number of nitrogens with one attached hydrogen (secondary N) is 1. The average molecular weight is 406 g/mol. The Kier molecular flexibility index (Phi) is 5.00. The molecule has 0 spiro atoms. The van der Waals surface area contributed by atoms with Crippen LogP contribution >= 0.6 is 11.6 Å². The fourth-order valence-corrected chi connectivity index (χ4v) is 3.96. The number of amides is 2. The zero-order valence-electron chi connectivity index (χ0n) is 14.9. The molecular formula is C17H20ClN7O3. The molecule has 1 aromatic heterocycles. The van der Waals surface area contributed by atoms with Gasteiger partial charge in [-0.3, -0.25) is 9.59 Å². The summed E-state index contributed by atoms with van der Waals surface area (Å²) in [6, 6.07) is 3.67. The van der Waals surface area contributed by atoms with Gasteiger partial charge in [0.15, 0.2) is 0 Å². The molecule has 2 fully saturated rings. The molecule has 10 nitrogen and oxygen atoms in total. The van der Waals surface area contributed by atoms with Gasteiger partial charge in [-0.25, -0.2) is 4.68 Å². The van der Waals surface area contributed by atoms with E-state index < -0.39 is 18.7 Å². The van der Waals surface area contributed by atoms with Crippen LogP contribution in [-0.4, -0.2) is 66.8 Å². The molecule has 2 amide bonds. The highest BCUT2D eigenvalue weighted by atomic mass is 35.5. The summed E-state index contributed by atoms with van der Waals surface area (Å²) in [6.07, 6.45) is 2.94. The number of hydrogen-bond donors (Lipinski definition) is 3. The molecule has 0 radical (unpaired) electrons. The first-order chi connectivity index (χ1) is 13.5. The summed E-state index contributed by atoms with van der Waals surface area (Å²) in [5.41, 5.74) is 7.12. The summed E-state index contributed by atoms with van der Waals surface area (Å²) in [5, 5.41) is 23.7. The van der Waals surface area contributed by atoms with Crippen LogP contribution in [0.15, 0.2) is 24.5 Å². The molecule has 4 N–H and O–H groups in total. The molecule has 2 aromatic rings. The Morgan fingerprint density at radius 2 is 2.21 bits per heavy atom. The topological polar surface area (TPSA) is 139 Å². The summed E-state index contributed by atoms with van der Waals surface area (Å²) >= 11 is 6.10. The van der Waals surface area contributed by atoms with Crippen molar-refractivity contribution in [2.75, 3.05) is 6.61 Å². The number of likely N-dealkylation sites (tertiary alicyclic amines) is 1. The van der Waals surface area contributed by atoms with Gasteiger partial charge in [0.05, 0.1) is 12.3 Å². The lowest BCUT2D eigenvalue weighted by Gasteiger charge is -2.28. The van der Waals surface area contributed by atoms with Crippen molar-refractivity contribution in [2.45, 2.75) is 37.5 Å². The van der Waals surface area contributed by atoms with Crippen LogP contribution in [0.3, 0.4) is 0 Å². The highest BCUT2D eigenvalue weighted by molar-refractivity contribution is 6.30. The van der Waals surface area contributed by atoms with Gasteiger partial charge in [-0.15, -0.1) is 5.10 Å². The maximum absolute atomic E-state index is 12.8. The third kappa shape index (κ3) is 3.46. The van der Waals surface area contributed by atoms with Crippen LogP contribution in [0.5, 0.6) is 0 Å². The first-order valence-corrected chi connectivity index (χ1v) is 9.35. The van der Waals surface area contributed by atoms with Crippen molar-refractivity contribution < 1.29 is 14.7 Å². The first-order valence-electron chi connectivity index (χ1n) is 8.97. The Bertz CT molecular complexity index is 891. The minimum atomic E-state index is -1.01. The normalized spacial score (nSPS) is 24.0. The van der Waals surface area contributed by atoms with Crippen LogP contribution < -0.4 is 11.1 Å². The highest BCUT2D eigenvalue weighted by Crippen LogP contribution is 2.48. The SMILES string of the molecule is N[C@H](CO)C(=O)N1[C@H](C(=O)NCc2cc(Cl)ccc2-n2cnnn2)C[C@@H]2C[C@@H]21. The van der Waals surface area contributed by atoms with Crippen LogP contribution in [0.2, 0.25) is 5.02 Å². The van der Waals surface area contributed by atoms with Gasteiger partial charge in [0.1, 0.15) is 18.4 Å². The van der Waals surface area contributed by atoms with Gasteiger partial charge in [-0.1, -0.05) is 11.6 Å². The number of rotatable bonds is 6. The molecule has 2 aliphatic rings. The van der Waals surface area contributed by atoms with E-state index in [-0.39, 0.29) is 24.4 Å². The number of aliphatic hydroxyl groups is 1. The van der Waals surface area contributed by atoms with E-state index >= 15 is 0 Å². The van der Waals surface area contributed by atoms with E-state index in [0.717, 1.165) is 12.0 Å². The standard InChI is InChI=1S/C17H20ClN7O3/c18-11-1-2-13(24-8-21-22-23-24)10(3-11)6-20-16(27)15-5-9-4-14(9)25(15)17(28)12(19)7-26/h1-3,8-9,12,14-15,26H,4-7,19H2,(H,20,27)/t9-,12+,14-,15-/m0/s1. The quantitative estimate of drug-likeness (QED) is 0.574. The van der Waals surface area contributed by atoms with Gasteiger partial charge < -0.3 is 21.1 Å². The largest absolute Gasteiger partial charge is 0.394 e. The third-order valence-electron chi connectivity index (χ3n) is 5.27. The van der Waals surface area contributed by atoms with E-state index in [2.05, 4.69) is 20.8 Å². The van der Waals surface area contributed by atoms with E-state index in [1.807, 2.05) is 0 Å². The molecule has 1 aliphatic carbocycles. The Hall–Kier alpha value is -2.56. The fourth-order valence-electron chi connectivity index (χ4n) is 3.77. The minimum Gasteiger partial charge on any atom is -0.394 e. The lowest BCUT2D eigenvalue weighted by Crippen LogP contribution is -2.53. The average Bonchev–Trinajstić information content (AvgIpc) is 3.09. The first kappa shape index (κ1) is 18.8. The van der Waals surface area contributed by atoms with Crippen molar-refractivity contribution in [1.82, 2.24) is 30.4 Å². The van der Waals surface area contributed by atoms with Gasteiger partial charge in [-0.2, -0.15) is 0 Å². The molecule has 2 heterocycles. The lowest BCUT2D eigenvalue weighted by molar-refractivity contribution is -0.141. The predicted molar refractivity (Wildman–Crippen MR) is 98.2 cm³/mol. The van der Waals surface area contributed by atoms with Crippen LogP contribution in [0.25, 0.3) is 5.69 Å². The molecule has 4 atom stereocenters. The maximum atomic E-state index is 12.8. The zero-order chi connectivity index (χ0) is 19.8. The molecule has 1 saturated carbocycles. The summed E-state index contributed by atoms with van der Waals surface area (Å²) in [6.45, 7) is -0.243. The molecule has 11 heteroatoms. The smallest absolute Gasteiger partial charge is 0.243 e. The molecule has 1 aliphatic heterocycles. The number of hydrogen-bond acceptors (Lipinski definition) is 7. The fraction of sp³-hybridized carbons (Fsp3) is 0.471. The van der Waals surface area contributed by atoms with Crippen LogP contribution in [-0.2, 0) is 16.1 Å². The Morgan fingerprint density at radius 3 is 2.93 bits per heavy atom. The number of fused-ring (bicyclic) bond motifs is 1. The number of benzene rings is 1. The van der Waals surface area contributed by atoms with Crippen molar-refractivity contribution in [1.29, 1.82) is 0 Å². The minimum absolute atomic E-state index is 0.0452. The number of aromatic nitrogens is 4. The van der Waals surface area contributed by atoms with Crippen molar-refractivity contribution in [2.24, 2.45) is 11.7 Å². The number of nitrogens with zero attached hydrogens (tertiary/aromatic N) is 5. The highest BCUT2D eigenvalue weighted by Gasteiger charge is 2.56. The van der Waals surface area contributed by atoms with E-state index in [1.165, 1.54) is 11.0 Å². The molecule has 1 saturated heterocycles. The van der Waals surface area contributed by atoms with Gasteiger partial charge in [0.2, 0.25) is 11.8 Å². The van der Waals surface area contributed by atoms with Gasteiger partial charge in [-0.05, 0) is 52.9 Å². The summed E-state index contributed by atoms with van der Waals surface area (Å²) < 4.78 is 1.48. The van der Waals surface area contributed by atoms with Gasteiger partial charge >= 0.3 is 0 Å². The number of nitrogens with two attached hydrogens (primary N) is 1. The molecular weight excluding hydrogens is 386 g/mol. The number of tetrazole rings is 1. The van der Waals surface area contributed by atoms with Crippen LogP contribution in [0.4, 0.5) is 0 Å². The predicted octanol–water partition coefficient (Wildman–Crippen LogP) is -0.759.